The maximum atomic E-state index is 13.4. The molecule has 0 spiro atoms. The number of piperazine rings is 1. The van der Waals surface area contributed by atoms with Crippen LogP contribution in [0.1, 0.15) is 69.0 Å². The third-order valence-corrected chi connectivity index (χ3v) is 6.24. The predicted octanol–water partition coefficient (Wildman–Crippen LogP) is 3.25. The predicted molar refractivity (Wildman–Crippen MR) is 103 cm³/mol. The topological polar surface area (TPSA) is 49.9 Å². The molecule has 0 aliphatic carbocycles. The molecular formula is C22H30N2O3. The van der Waals surface area contributed by atoms with Crippen LogP contribution in [0, 0.1) is 0 Å². The minimum Gasteiger partial charge on any atom is -0.376 e. The van der Waals surface area contributed by atoms with Crippen LogP contribution in [0.4, 0.5) is 0 Å². The van der Waals surface area contributed by atoms with Gasteiger partial charge < -0.3 is 14.5 Å². The number of rotatable bonds is 4. The van der Waals surface area contributed by atoms with Gasteiger partial charge in [0.15, 0.2) is 0 Å². The number of hydrogen-bond donors (Lipinski definition) is 0. The molecule has 3 unspecified atom stereocenters. The van der Waals surface area contributed by atoms with Crippen LogP contribution < -0.4 is 0 Å². The average molecular weight is 370 g/mol. The maximum Gasteiger partial charge on any atom is 0.250 e. The Morgan fingerprint density at radius 2 is 1.81 bits per heavy atom. The van der Waals surface area contributed by atoms with Crippen LogP contribution in [0.2, 0.25) is 0 Å². The maximum absolute atomic E-state index is 13.4. The van der Waals surface area contributed by atoms with Crippen molar-refractivity contribution in [3.05, 3.63) is 35.4 Å². The van der Waals surface area contributed by atoms with E-state index >= 15 is 0 Å². The van der Waals surface area contributed by atoms with Gasteiger partial charge in [-0.25, -0.2) is 0 Å². The molecule has 146 valence electrons. The monoisotopic (exact) mass is 370 g/mol. The summed E-state index contributed by atoms with van der Waals surface area (Å²) in [5.41, 5.74) is 2.16. The van der Waals surface area contributed by atoms with Crippen LogP contribution in [0.15, 0.2) is 24.3 Å². The van der Waals surface area contributed by atoms with Crippen molar-refractivity contribution in [2.45, 2.75) is 70.1 Å². The fraction of sp³-hybridized carbons (Fsp3) is 0.636. The molecule has 27 heavy (non-hydrogen) atoms. The molecule has 0 aromatic heterocycles. The minimum absolute atomic E-state index is 0.0503. The van der Waals surface area contributed by atoms with Crippen LogP contribution in [0.3, 0.4) is 0 Å². The summed E-state index contributed by atoms with van der Waals surface area (Å²) in [7, 11) is 0. The molecule has 5 nitrogen and oxygen atoms in total. The lowest BCUT2D eigenvalue weighted by atomic mass is 9.91. The van der Waals surface area contributed by atoms with Gasteiger partial charge in [0.1, 0.15) is 12.1 Å². The number of ether oxygens (including phenoxy) is 1. The molecule has 1 aromatic carbocycles. The summed E-state index contributed by atoms with van der Waals surface area (Å²) in [6.45, 7) is 6.29. The lowest BCUT2D eigenvalue weighted by Crippen LogP contribution is -2.63. The first-order chi connectivity index (χ1) is 13.1. The quantitative estimate of drug-likeness (QED) is 0.817. The Balaban J connectivity index is 1.66. The SMILES string of the molecule is CC(C)c1ccc(C2C(=O)N3CCCCC3C(=O)N2CC2CCCO2)cc1. The van der Waals surface area contributed by atoms with E-state index in [2.05, 4.69) is 26.0 Å². The minimum atomic E-state index is -0.516. The van der Waals surface area contributed by atoms with Crippen LogP contribution in [0.5, 0.6) is 0 Å². The van der Waals surface area contributed by atoms with Crippen molar-refractivity contribution < 1.29 is 14.3 Å². The molecule has 0 saturated carbocycles. The zero-order valence-corrected chi connectivity index (χ0v) is 16.4. The van der Waals surface area contributed by atoms with Gasteiger partial charge in [0.25, 0.3) is 5.91 Å². The summed E-state index contributed by atoms with van der Waals surface area (Å²) in [5, 5.41) is 0. The number of carbonyl (C=O) groups excluding carboxylic acids is 2. The standard InChI is InChI=1S/C22H30N2O3/c1-15(2)16-8-10-17(11-9-16)20-22(26)23-12-4-3-7-19(23)21(25)24(20)14-18-6-5-13-27-18/h8-11,15,18-20H,3-7,12-14H2,1-2H3. The molecule has 4 rings (SSSR count). The number of hydrogen-bond acceptors (Lipinski definition) is 3. The van der Waals surface area contributed by atoms with Crippen LogP contribution >= 0.6 is 0 Å². The first kappa shape index (κ1) is 18.5. The van der Waals surface area contributed by atoms with Crippen molar-refractivity contribution in [2.24, 2.45) is 0 Å². The molecule has 0 radical (unpaired) electrons. The molecule has 5 heteroatoms. The lowest BCUT2D eigenvalue weighted by Gasteiger charge is -2.47. The normalized spacial score (nSPS) is 28.8. The van der Waals surface area contributed by atoms with Crippen molar-refractivity contribution in [1.82, 2.24) is 9.80 Å². The third kappa shape index (κ3) is 3.49. The van der Waals surface area contributed by atoms with Gasteiger partial charge >= 0.3 is 0 Å². The number of nitrogens with zero attached hydrogens (tertiary/aromatic N) is 2. The first-order valence-corrected chi connectivity index (χ1v) is 10.4. The smallest absolute Gasteiger partial charge is 0.250 e. The van der Waals surface area contributed by atoms with E-state index in [-0.39, 0.29) is 24.0 Å². The van der Waals surface area contributed by atoms with E-state index in [1.807, 2.05) is 21.9 Å². The highest BCUT2D eigenvalue weighted by Gasteiger charge is 2.47. The summed E-state index contributed by atoms with van der Waals surface area (Å²) in [6.07, 6.45) is 4.83. The third-order valence-electron chi connectivity index (χ3n) is 6.24. The van der Waals surface area contributed by atoms with E-state index in [4.69, 9.17) is 4.74 Å². The Kier molecular flexibility index (Phi) is 5.22. The van der Waals surface area contributed by atoms with Gasteiger partial charge in [-0.3, -0.25) is 9.59 Å². The van der Waals surface area contributed by atoms with E-state index in [9.17, 15) is 9.59 Å². The molecule has 0 N–H and O–H groups in total. The Labute approximate surface area is 161 Å². The van der Waals surface area contributed by atoms with Crippen molar-refractivity contribution >= 4 is 11.8 Å². The summed E-state index contributed by atoms with van der Waals surface area (Å²) >= 11 is 0. The first-order valence-electron chi connectivity index (χ1n) is 10.4. The molecule has 3 saturated heterocycles. The van der Waals surface area contributed by atoms with Crippen molar-refractivity contribution in [1.29, 1.82) is 0 Å². The van der Waals surface area contributed by atoms with Crippen LogP contribution in [-0.4, -0.2) is 53.5 Å². The second kappa shape index (κ2) is 7.63. The van der Waals surface area contributed by atoms with E-state index in [1.54, 1.807) is 0 Å². The summed E-state index contributed by atoms with van der Waals surface area (Å²) in [6, 6.07) is 7.43. The Morgan fingerprint density at radius 1 is 1.04 bits per heavy atom. The van der Waals surface area contributed by atoms with Crippen molar-refractivity contribution in [2.75, 3.05) is 19.7 Å². The fourth-order valence-corrected chi connectivity index (χ4v) is 4.65. The van der Waals surface area contributed by atoms with Crippen molar-refractivity contribution in [3.8, 4) is 0 Å². The molecule has 3 aliphatic rings. The highest BCUT2D eigenvalue weighted by Crippen LogP contribution is 2.35. The zero-order valence-electron chi connectivity index (χ0n) is 16.4. The number of piperidine rings is 1. The zero-order chi connectivity index (χ0) is 19.0. The van der Waals surface area contributed by atoms with Crippen LogP contribution in [0.25, 0.3) is 0 Å². The van der Waals surface area contributed by atoms with E-state index < -0.39 is 6.04 Å². The van der Waals surface area contributed by atoms with Gasteiger partial charge in [0, 0.05) is 19.7 Å². The van der Waals surface area contributed by atoms with E-state index in [0.717, 1.165) is 44.3 Å². The number of benzene rings is 1. The highest BCUT2D eigenvalue weighted by molar-refractivity contribution is 5.97. The Hall–Kier alpha value is -1.88. The number of fused-ring (bicyclic) bond motifs is 1. The fourth-order valence-electron chi connectivity index (χ4n) is 4.65. The van der Waals surface area contributed by atoms with Gasteiger partial charge in [-0.15, -0.1) is 0 Å². The van der Waals surface area contributed by atoms with Crippen molar-refractivity contribution in [3.63, 3.8) is 0 Å². The number of carbonyl (C=O) groups is 2. The highest BCUT2D eigenvalue weighted by atomic mass is 16.5. The molecule has 3 atom stereocenters. The van der Waals surface area contributed by atoms with Gasteiger partial charge in [-0.05, 0) is 49.1 Å². The second-order valence-electron chi connectivity index (χ2n) is 8.39. The molecular weight excluding hydrogens is 340 g/mol. The molecule has 2 amide bonds. The molecule has 0 bridgehead atoms. The molecule has 3 aliphatic heterocycles. The average Bonchev–Trinajstić information content (AvgIpc) is 3.19. The molecule has 3 fully saturated rings. The number of amides is 2. The van der Waals surface area contributed by atoms with Gasteiger partial charge in [-0.2, -0.15) is 0 Å². The summed E-state index contributed by atoms with van der Waals surface area (Å²) in [4.78, 5) is 30.4. The molecule has 3 heterocycles. The van der Waals surface area contributed by atoms with Gasteiger partial charge in [0.2, 0.25) is 5.91 Å². The Morgan fingerprint density at radius 3 is 2.48 bits per heavy atom. The van der Waals surface area contributed by atoms with Gasteiger partial charge in [0.05, 0.1) is 6.10 Å². The lowest BCUT2D eigenvalue weighted by molar-refractivity contribution is -0.165. The molecule has 1 aromatic rings. The summed E-state index contributed by atoms with van der Waals surface area (Å²) in [5.74, 6) is 0.620. The summed E-state index contributed by atoms with van der Waals surface area (Å²) < 4.78 is 5.79. The largest absolute Gasteiger partial charge is 0.376 e. The van der Waals surface area contributed by atoms with E-state index in [1.165, 1.54) is 5.56 Å². The van der Waals surface area contributed by atoms with Gasteiger partial charge in [-0.1, -0.05) is 38.1 Å². The van der Waals surface area contributed by atoms with Crippen LogP contribution in [-0.2, 0) is 14.3 Å². The van der Waals surface area contributed by atoms with E-state index in [0.29, 0.717) is 19.0 Å². The Bertz CT molecular complexity index is 694. The second-order valence-corrected chi connectivity index (χ2v) is 8.39.